The zero-order valence-corrected chi connectivity index (χ0v) is 10.3. The van der Waals surface area contributed by atoms with Gasteiger partial charge in [-0.25, -0.2) is 9.59 Å². The van der Waals surface area contributed by atoms with Gasteiger partial charge in [0.15, 0.2) is 0 Å². The molecule has 0 saturated carbocycles. The zero-order valence-electron chi connectivity index (χ0n) is 10.3. The van der Waals surface area contributed by atoms with Crippen LogP contribution >= 0.6 is 0 Å². The van der Waals surface area contributed by atoms with Gasteiger partial charge < -0.3 is 9.84 Å². The molecular weight excluding hydrogens is 244 g/mol. The molecule has 0 atom stereocenters. The normalized spacial score (nSPS) is 9.95. The molecule has 96 valence electrons. The molecular formula is C15H12O4. The first-order chi connectivity index (χ1) is 9.13. The van der Waals surface area contributed by atoms with E-state index >= 15 is 0 Å². The van der Waals surface area contributed by atoms with E-state index in [1.54, 1.807) is 42.5 Å². The Hall–Kier alpha value is -2.62. The molecule has 1 N–H and O–H groups in total. The smallest absolute Gasteiger partial charge is 0.337 e. The minimum absolute atomic E-state index is 0.199. The van der Waals surface area contributed by atoms with Crippen molar-refractivity contribution in [1.82, 2.24) is 0 Å². The lowest BCUT2D eigenvalue weighted by molar-refractivity contribution is 0.0600. The average Bonchev–Trinajstić information content (AvgIpc) is 2.46. The van der Waals surface area contributed by atoms with Crippen molar-refractivity contribution in [3.05, 3.63) is 59.7 Å². The Morgan fingerprint density at radius 1 is 1.05 bits per heavy atom. The number of ether oxygens (including phenoxy) is 1. The number of esters is 1. The monoisotopic (exact) mass is 256 g/mol. The van der Waals surface area contributed by atoms with Gasteiger partial charge in [0.25, 0.3) is 0 Å². The van der Waals surface area contributed by atoms with Gasteiger partial charge in [-0.05, 0) is 29.3 Å². The second kappa shape index (κ2) is 5.35. The SMILES string of the molecule is COC(=O)c1cccc(-c2ccccc2C(=O)O)c1. The highest BCUT2D eigenvalue weighted by atomic mass is 16.5. The minimum Gasteiger partial charge on any atom is -0.478 e. The first-order valence-corrected chi connectivity index (χ1v) is 5.64. The Bertz CT molecular complexity index is 632. The van der Waals surface area contributed by atoms with E-state index in [0.29, 0.717) is 16.7 Å². The standard InChI is InChI=1S/C15H12O4/c1-19-15(18)11-6-4-5-10(9-11)12-7-2-3-8-13(12)14(16)17/h2-9H,1H3,(H,16,17). The molecule has 0 radical (unpaired) electrons. The van der Waals surface area contributed by atoms with Crippen LogP contribution in [0.25, 0.3) is 11.1 Å². The van der Waals surface area contributed by atoms with Gasteiger partial charge in [-0.1, -0.05) is 30.3 Å². The van der Waals surface area contributed by atoms with Crippen LogP contribution in [0.1, 0.15) is 20.7 Å². The van der Waals surface area contributed by atoms with Crippen LogP contribution in [-0.4, -0.2) is 24.2 Å². The first kappa shape index (κ1) is 12.8. The first-order valence-electron chi connectivity index (χ1n) is 5.64. The molecule has 4 nitrogen and oxygen atoms in total. The maximum absolute atomic E-state index is 11.5. The van der Waals surface area contributed by atoms with E-state index < -0.39 is 11.9 Å². The summed E-state index contributed by atoms with van der Waals surface area (Å²) in [5.74, 6) is -1.45. The van der Waals surface area contributed by atoms with Gasteiger partial charge in [0.1, 0.15) is 0 Å². The van der Waals surface area contributed by atoms with E-state index in [0.717, 1.165) is 0 Å². The summed E-state index contributed by atoms with van der Waals surface area (Å²) in [5.41, 5.74) is 1.83. The molecule has 0 bridgehead atoms. The predicted octanol–water partition coefficient (Wildman–Crippen LogP) is 2.84. The Labute approximate surface area is 110 Å². The topological polar surface area (TPSA) is 63.6 Å². The second-order valence-electron chi connectivity index (χ2n) is 3.92. The van der Waals surface area contributed by atoms with Gasteiger partial charge in [0.05, 0.1) is 18.2 Å². The van der Waals surface area contributed by atoms with E-state index in [-0.39, 0.29) is 5.56 Å². The van der Waals surface area contributed by atoms with Crippen LogP contribution < -0.4 is 0 Å². The highest BCUT2D eigenvalue weighted by Gasteiger charge is 2.12. The second-order valence-corrected chi connectivity index (χ2v) is 3.92. The van der Waals surface area contributed by atoms with Crippen molar-refractivity contribution in [3.63, 3.8) is 0 Å². The Balaban J connectivity index is 2.54. The van der Waals surface area contributed by atoms with E-state index in [4.69, 9.17) is 5.11 Å². The summed E-state index contributed by atoms with van der Waals surface area (Å²) in [7, 11) is 1.31. The molecule has 0 aliphatic heterocycles. The lowest BCUT2D eigenvalue weighted by atomic mass is 9.98. The number of methoxy groups -OCH3 is 1. The molecule has 0 amide bonds. The molecule has 0 saturated heterocycles. The van der Waals surface area contributed by atoms with Gasteiger partial charge in [0.2, 0.25) is 0 Å². The van der Waals surface area contributed by atoms with Gasteiger partial charge in [-0.2, -0.15) is 0 Å². The van der Waals surface area contributed by atoms with Crippen molar-refractivity contribution in [2.45, 2.75) is 0 Å². The summed E-state index contributed by atoms with van der Waals surface area (Å²) in [5, 5.41) is 9.16. The molecule has 0 fully saturated rings. The fourth-order valence-electron chi connectivity index (χ4n) is 1.85. The van der Waals surface area contributed by atoms with E-state index in [2.05, 4.69) is 4.74 Å². The van der Waals surface area contributed by atoms with Crippen molar-refractivity contribution in [2.75, 3.05) is 7.11 Å². The van der Waals surface area contributed by atoms with E-state index in [1.807, 2.05) is 0 Å². The molecule has 0 heterocycles. The van der Waals surface area contributed by atoms with Crippen molar-refractivity contribution >= 4 is 11.9 Å². The van der Waals surface area contributed by atoms with Crippen LogP contribution in [0, 0.1) is 0 Å². The number of carboxylic acid groups (broad SMARTS) is 1. The molecule has 2 rings (SSSR count). The molecule has 19 heavy (non-hydrogen) atoms. The lowest BCUT2D eigenvalue weighted by Crippen LogP contribution is -2.02. The fourth-order valence-corrected chi connectivity index (χ4v) is 1.85. The number of rotatable bonds is 3. The predicted molar refractivity (Wildman–Crippen MR) is 70.2 cm³/mol. The zero-order chi connectivity index (χ0) is 13.8. The third kappa shape index (κ3) is 2.63. The molecule has 0 aromatic heterocycles. The molecule has 0 aliphatic rings. The Morgan fingerprint density at radius 2 is 1.79 bits per heavy atom. The average molecular weight is 256 g/mol. The number of hydrogen-bond donors (Lipinski definition) is 1. The summed E-state index contributed by atoms with van der Waals surface area (Å²) in [6.07, 6.45) is 0. The molecule has 2 aromatic rings. The number of benzene rings is 2. The van der Waals surface area contributed by atoms with Gasteiger partial charge >= 0.3 is 11.9 Å². The van der Waals surface area contributed by atoms with Crippen molar-refractivity contribution in [2.24, 2.45) is 0 Å². The quantitative estimate of drug-likeness (QED) is 0.858. The number of hydrogen-bond acceptors (Lipinski definition) is 3. The number of carbonyl (C=O) groups excluding carboxylic acids is 1. The van der Waals surface area contributed by atoms with Crippen molar-refractivity contribution in [3.8, 4) is 11.1 Å². The van der Waals surface area contributed by atoms with E-state index in [1.165, 1.54) is 13.2 Å². The van der Waals surface area contributed by atoms with Crippen LogP contribution in [0.4, 0.5) is 0 Å². The molecule has 2 aromatic carbocycles. The number of aromatic carboxylic acids is 1. The Morgan fingerprint density at radius 3 is 2.47 bits per heavy atom. The van der Waals surface area contributed by atoms with E-state index in [9.17, 15) is 9.59 Å². The molecule has 0 unspecified atom stereocenters. The van der Waals surface area contributed by atoms with Gasteiger partial charge in [-0.3, -0.25) is 0 Å². The molecule has 0 aliphatic carbocycles. The highest BCUT2D eigenvalue weighted by Crippen LogP contribution is 2.24. The largest absolute Gasteiger partial charge is 0.478 e. The number of carboxylic acids is 1. The summed E-state index contributed by atoms with van der Waals surface area (Å²) < 4.78 is 4.65. The third-order valence-electron chi connectivity index (χ3n) is 2.75. The van der Waals surface area contributed by atoms with Crippen LogP contribution in [0.5, 0.6) is 0 Å². The lowest BCUT2D eigenvalue weighted by Gasteiger charge is -2.07. The molecule has 0 spiro atoms. The van der Waals surface area contributed by atoms with Crippen LogP contribution in [0.3, 0.4) is 0 Å². The van der Waals surface area contributed by atoms with Crippen LogP contribution in [0.2, 0.25) is 0 Å². The summed E-state index contributed by atoms with van der Waals surface area (Å²) in [4.78, 5) is 22.7. The third-order valence-corrected chi connectivity index (χ3v) is 2.75. The van der Waals surface area contributed by atoms with Crippen LogP contribution in [0.15, 0.2) is 48.5 Å². The highest BCUT2D eigenvalue weighted by molar-refractivity contribution is 5.97. The summed E-state index contributed by atoms with van der Waals surface area (Å²) in [6.45, 7) is 0. The van der Waals surface area contributed by atoms with Crippen molar-refractivity contribution in [1.29, 1.82) is 0 Å². The van der Waals surface area contributed by atoms with Crippen molar-refractivity contribution < 1.29 is 19.4 Å². The summed E-state index contributed by atoms with van der Waals surface area (Å²) in [6, 6.07) is 13.4. The maximum Gasteiger partial charge on any atom is 0.337 e. The van der Waals surface area contributed by atoms with Gasteiger partial charge in [-0.15, -0.1) is 0 Å². The minimum atomic E-state index is -1.00. The molecule has 4 heteroatoms. The van der Waals surface area contributed by atoms with Gasteiger partial charge in [0, 0.05) is 0 Å². The van der Waals surface area contributed by atoms with Crippen LogP contribution in [-0.2, 0) is 4.74 Å². The fraction of sp³-hybridized carbons (Fsp3) is 0.0667. The number of carbonyl (C=O) groups is 2. The Kier molecular flexibility index (Phi) is 3.61. The maximum atomic E-state index is 11.5. The summed E-state index contributed by atoms with van der Waals surface area (Å²) >= 11 is 0.